The number of nitro groups is 1. The SMILES string of the molecule is O=C(Cc1ccccc1)NNc1ncnc(Nc2cccc3cccnc23)c1[N+](=O)[O-]. The van der Waals surface area contributed by atoms with Gasteiger partial charge in [-0.2, -0.15) is 0 Å². The summed E-state index contributed by atoms with van der Waals surface area (Å²) in [5, 5.41) is 15.6. The highest BCUT2D eigenvalue weighted by atomic mass is 16.6. The van der Waals surface area contributed by atoms with Gasteiger partial charge in [0.25, 0.3) is 0 Å². The molecule has 0 aliphatic rings. The van der Waals surface area contributed by atoms with Crippen LogP contribution in [0, 0.1) is 10.1 Å². The first-order valence-corrected chi connectivity index (χ1v) is 9.31. The largest absolute Gasteiger partial charge is 0.355 e. The van der Waals surface area contributed by atoms with Crippen LogP contribution in [0.3, 0.4) is 0 Å². The Bertz CT molecular complexity index is 1240. The van der Waals surface area contributed by atoms with Crippen molar-refractivity contribution in [2.45, 2.75) is 6.42 Å². The number of nitrogens with one attached hydrogen (secondary N) is 3. The molecular weight excluding hydrogens is 398 g/mol. The number of hydrogen-bond donors (Lipinski definition) is 3. The molecule has 0 spiro atoms. The minimum atomic E-state index is -0.618. The summed E-state index contributed by atoms with van der Waals surface area (Å²) in [6.45, 7) is 0. The lowest BCUT2D eigenvalue weighted by Gasteiger charge is -2.12. The second-order valence-corrected chi connectivity index (χ2v) is 6.52. The van der Waals surface area contributed by atoms with Gasteiger partial charge in [-0.1, -0.05) is 48.5 Å². The number of pyridine rings is 1. The zero-order valence-electron chi connectivity index (χ0n) is 16.1. The average molecular weight is 415 g/mol. The maximum atomic E-state index is 12.2. The van der Waals surface area contributed by atoms with Gasteiger partial charge < -0.3 is 5.32 Å². The molecule has 154 valence electrons. The topological polar surface area (TPSA) is 135 Å². The Morgan fingerprint density at radius 3 is 2.52 bits per heavy atom. The fraction of sp³-hybridized carbons (Fsp3) is 0.0476. The molecule has 2 heterocycles. The highest BCUT2D eigenvalue weighted by molar-refractivity contribution is 5.92. The highest BCUT2D eigenvalue weighted by Gasteiger charge is 2.24. The molecule has 4 aromatic rings. The maximum Gasteiger partial charge on any atom is 0.355 e. The van der Waals surface area contributed by atoms with Gasteiger partial charge in [0.05, 0.1) is 22.5 Å². The van der Waals surface area contributed by atoms with Crippen LogP contribution in [0.2, 0.25) is 0 Å². The van der Waals surface area contributed by atoms with Crippen LogP contribution >= 0.6 is 0 Å². The fourth-order valence-electron chi connectivity index (χ4n) is 3.02. The minimum Gasteiger partial charge on any atom is -0.332 e. The van der Waals surface area contributed by atoms with Crippen molar-refractivity contribution in [3.63, 3.8) is 0 Å². The molecule has 10 heteroatoms. The lowest BCUT2D eigenvalue weighted by Crippen LogP contribution is -2.31. The number of anilines is 3. The number of fused-ring (bicyclic) bond motifs is 1. The van der Waals surface area contributed by atoms with Crippen LogP contribution in [0.15, 0.2) is 73.2 Å². The summed E-state index contributed by atoms with van der Waals surface area (Å²) in [6, 6.07) is 18.3. The average Bonchev–Trinajstić information content (AvgIpc) is 2.78. The molecule has 0 fully saturated rings. The van der Waals surface area contributed by atoms with Crippen molar-refractivity contribution in [3.8, 4) is 0 Å². The molecule has 0 unspecified atom stereocenters. The monoisotopic (exact) mass is 415 g/mol. The molecule has 0 atom stereocenters. The molecule has 0 radical (unpaired) electrons. The predicted molar refractivity (Wildman–Crippen MR) is 116 cm³/mol. The van der Waals surface area contributed by atoms with E-state index in [1.807, 2.05) is 48.5 Å². The van der Waals surface area contributed by atoms with Gasteiger partial charge in [0.1, 0.15) is 6.33 Å². The molecule has 3 N–H and O–H groups in total. The number of aromatic nitrogens is 3. The summed E-state index contributed by atoms with van der Waals surface area (Å²) in [7, 11) is 0. The summed E-state index contributed by atoms with van der Waals surface area (Å²) >= 11 is 0. The molecule has 0 saturated carbocycles. The fourth-order valence-corrected chi connectivity index (χ4v) is 3.02. The van der Waals surface area contributed by atoms with E-state index in [-0.39, 0.29) is 24.0 Å². The third kappa shape index (κ3) is 4.53. The van der Waals surface area contributed by atoms with E-state index in [2.05, 4.69) is 31.1 Å². The van der Waals surface area contributed by atoms with Crippen molar-refractivity contribution < 1.29 is 9.72 Å². The van der Waals surface area contributed by atoms with Gasteiger partial charge in [-0.05, 0) is 17.7 Å². The Morgan fingerprint density at radius 2 is 1.71 bits per heavy atom. The van der Waals surface area contributed by atoms with E-state index >= 15 is 0 Å². The van der Waals surface area contributed by atoms with Gasteiger partial charge >= 0.3 is 5.69 Å². The zero-order valence-corrected chi connectivity index (χ0v) is 16.1. The molecule has 0 bridgehead atoms. The van der Waals surface area contributed by atoms with Crippen LogP contribution in [0.1, 0.15) is 5.56 Å². The first kappa shape index (κ1) is 19.7. The predicted octanol–water partition coefficient (Wildman–Crippen LogP) is 3.36. The quantitative estimate of drug-likeness (QED) is 0.309. The van der Waals surface area contributed by atoms with E-state index in [1.165, 1.54) is 6.33 Å². The molecule has 4 rings (SSSR count). The molecule has 0 aliphatic carbocycles. The van der Waals surface area contributed by atoms with Gasteiger partial charge in [0, 0.05) is 11.6 Å². The van der Waals surface area contributed by atoms with Gasteiger partial charge in [-0.3, -0.25) is 30.7 Å². The number of para-hydroxylation sites is 1. The molecule has 0 saturated heterocycles. The van der Waals surface area contributed by atoms with E-state index in [9.17, 15) is 14.9 Å². The molecule has 10 nitrogen and oxygen atoms in total. The molecule has 2 aromatic carbocycles. The van der Waals surface area contributed by atoms with Crippen LogP contribution in [0.4, 0.5) is 23.0 Å². The number of nitrogens with zero attached hydrogens (tertiary/aromatic N) is 4. The van der Waals surface area contributed by atoms with Gasteiger partial charge in [-0.15, -0.1) is 0 Å². The Kier molecular flexibility index (Phi) is 5.61. The lowest BCUT2D eigenvalue weighted by molar-refractivity contribution is -0.383. The number of hydrazine groups is 1. The third-order valence-electron chi connectivity index (χ3n) is 4.42. The van der Waals surface area contributed by atoms with Crippen LogP contribution in [-0.4, -0.2) is 25.8 Å². The Labute approximate surface area is 176 Å². The van der Waals surface area contributed by atoms with Crippen molar-refractivity contribution in [3.05, 3.63) is 88.9 Å². The lowest BCUT2D eigenvalue weighted by atomic mass is 10.1. The van der Waals surface area contributed by atoms with E-state index in [4.69, 9.17) is 0 Å². The summed E-state index contributed by atoms with van der Waals surface area (Å²) in [5.74, 6) is -0.540. The number of benzene rings is 2. The number of carbonyl (C=O) groups excluding carboxylic acids is 1. The Hall–Kier alpha value is -4.60. The number of rotatable bonds is 7. The highest BCUT2D eigenvalue weighted by Crippen LogP contribution is 2.32. The van der Waals surface area contributed by atoms with E-state index < -0.39 is 10.6 Å². The smallest absolute Gasteiger partial charge is 0.332 e. The molecule has 2 aromatic heterocycles. The third-order valence-corrected chi connectivity index (χ3v) is 4.42. The van der Waals surface area contributed by atoms with E-state index in [1.54, 1.807) is 18.3 Å². The van der Waals surface area contributed by atoms with Gasteiger partial charge in [0.15, 0.2) is 0 Å². The van der Waals surface area contributed by atoms with Crippen molar-refractivity contribution in [2.75, 3.05) is 10.7 Å². The van der Waals surface area contributed by atoms with Crippen molar-refractivity contribution in [2.24, 2.45) is 0 Å². The van der Waals surface area contributed by atoms with Crippen LogP contribution in [0.25, 0.3) is 10.9 Å². The molecule has 0 aliphatic heterocycles. The summed E-state index contributed by atoms with van der Waals surface area (Å²) in [5.41, 5.74) is 6.57. The summed E-state index contributed by atoms with van der Waals surface area (Å²) in [4.78, 5) is 35.6. The van der Waals surface area contributed by atoms with Crippen molar-refractivity contribution in [1.29, 1.82) is 0 Å². The first-order valence-electron chi connectivity index (χ1n) is 9.31. The Morgan fingerprint density at radius 1 is 0.935 bits per heavy atom. The van der Waals surface area contributed by atoms with Crippen molar-refractivity contribution >= 4 is 39.8 Å². The van der Waals surface area contributed by atoms with Crippen molar-refractivity contribution in [1.82, 2.24) is 20.4 Å². The second-order valence-electron chi connectivity index (χ2n) is 6.52. The van der Waals surface area contributed by atoms with Crippen LogP contribution in [0.5, 0.6) is 0 Å². The first-order chi connectivity index (χ1) is 15.1. The summed E-state index contributed by atoms with van der Waals surface area (Å²) in [6.07, 6.45) is 2.91. The van der Waals surface area contributed by atoms with E-state index in [0.29, 0.717) is 11.2 Å². The van der Waals surface area contributed by atoms with Gasteiger partial charge in [-0.25, -0.2) is 9.97 Å². The molecular formula is C21H17N7O3. The maximum absolute atomic E-state index is 12.2. The van der Waals surface area contributed by atoms with Crippen LogP contribution in [-0.2, 0) is 11.2 Å². The van der Waals surface area contributed by atoms with Gasteiger partial charge in [0.2, 0.25) is 17.5 Å². The second kappa shape index (κ2) is 8.82. The molecule has 1 amide bonds. The van der Waals surface area contributed by atoms with E-state index in [0.717, 1.165) is 10.9 Å². The Balaban J connectivity index is 1.56. The van der Waals surface area contributed by atoms with Crippen LogP contribution < -0.4 is 16.2 Å². The number of amides is 1. The number of hydrogen-bond acceptors (Lipinski definition) is 8. The number of carbonyl (C=O) groups is 1. The minimum absolute atomic E-state index is 0.0297. The summed E-state index contributed by atoms with van der Waals surface area (Å²) < 4.78 is 0. The molecule has 31 heavy (non-hydrogen) atoms. The normalized spacial score (nSPS) is 10.5. The standard InChI is InChI=1S/C21H17N7O3/c29-17(12-14-6-2-1-3-7-14)26-27-21-19(28(30)31)20(23-13-24-21)25-16-10-4-8-15-9-5-11-22-18(15)16/h1-11,13H,12H2,(H,26,29)(H2,23,24,25,27). The zero-order chi connectivity index (χ0) is 21.6.